The predicted octanol–water partition coefficient (Wildman–Crippen LogP) is 4.02. The number of amides is 3. The van der Waals surface area contributed by atoms with Crippen LogP contribution in [0.1, 0.15) is 40.1 Å². The van der Waals surface area contributed by atoms with Crippen LogP contribution in [0, 0.1) is 5.92 Å². The highest BCUT2D eigenvalue weighted by Gasteiger charge is 2.25. The van der Waals surface area contributed by atoms with Crippen molar-refractivity contribution in [2.24, 2.45) is 5.92 Å². The number of rotatable bonds is 9. The second-order valence-electron chi connectivity index (χ2n) is 8.13. The number of carbonyl (C=O) groups is 3. The minimum absolute atomic E-state index is 0.138. The van der Waals surface area contributed by atoms with Gasteiger partial charge in [-0.05, 0) is 47.9 Å². The fourth-order valence-corrected chi connectivity index (χ4v) is 3.38. The molecule has 3 rings (SSSR count). The summed E-state index contributed by atoms with van der Waals surface area (Å²) in [6.07, 6.45) is 0. The van der Waals surface area contributed by atoms with Gasteiger partial charge < -0.3 is 20.7 Å². The molecule has 0 aliphatic heterocycles. The lowest BCUT2D eigenvalue weighted by Crippen LogP contribution is -2.49. The summed E-state index contributed by atoms with van der Waals surface area (Å²) in [5, 5.41) is 8.48. The Balaban J connectivity index is 1.70. The van der Waals surface area contributed by atoms with E-state index in [2.05, 4.69) is 16.0 Å². The zero-order chi connectivity index (χ0) is 24.5. The van der Waals surface area contributed by atoms with Crippen LogP contribution in [0.25, 0.3) is 0 Å². The second-order valence-corrected chi connectivity index (χ2v) is 8.13. The van der Waals surface area contributed by atoms with E-state index in [1.807, 2.05) is 44.2 Å². The number of hydrogen-bond donors (Lipinski definition) is 3. The Morgan fingerprint density at radius 3 is 2.12 bits per heavy atom. The molecule has 0 saturated heterocycles. The van der Waals surface area contributed by atoms with Gasteiger partial charge in [-0.15, -0.1) is 0 Å². The van der Waals surface area contributed by atoms with Crippen molar-refractivity contribution >= 4 is 23.4 Å². The molecule has 0 fully saturated rings. The second kappa shape index (κ2) is 11.7. The highest BCUT2D eigenvalue weighted by atomic mass is 16.5. The van der Waals surface area contributed by atoms with Crippen molar-refractivity contribution in [1.82, 2.24) is 10.6 Å². The van der Waals surface area contributed by atoms with Gasteiger partial charge in [0.05, 0.1) is 18.4 Å². The average molecular weight is 460 g/mol. The number of carbonyl (C=O) groups excluding carboxylic acids is 3. The largest absolute Gasteiger partial charge is 0.497 e. The maximum atomic E-state index is 13.1. The summed E-state index contributed by atoms with van der Waals surface area (Å²) in [6.45, 7) is 4.10. The molecular formula is C27H29N3O4. The van der Waals surface area contributed by atoms with Crippen molar-refractivity contribution in [3.05, 3.63) is 95.6 Å². The van der Waals surface area contributed by atoms with Crippen molar-refractivity contribution in [2.45, 2.75) is 26.4 Å². The Kier molecular flexibility index (Phi) is 8.40. The van der Waals surface area contributed by atoms with E-state index in [1.165, 1.54) is 0 Å². The lowest BCUT2D eigenvalue weighted by Gasteiger charge is -2.22. The topological polar surface area (TPSA) is 96.5 Å². The molecule has 1 atom stereocenters. The molecular weight excluding hydrogens is 430 g/mol. The van der Waals surface area contributed by atoms with Gasteiger partial charge in [0.25, 0.3) is 11.8 Å². The number of para-hydroxylation sites is 1. The maximum Gasteiger partial charge on any atom is 0.255 e. The maximum absolute atomic E-state index is 13.1. The minimum Gasteiger partial charge on any atom is -0.497 e. The van der Waals surface area contributed by atoms with Gasteiger partial charge in [-0.3, -0.25) is 14.4 Å². The molecule has 3 N–H and O–H groups in total. The van der Waals surface area contributed by atoms with Crippen molar-refractivity contribution in [1.29, 1.82) is 0 Å². The molecule has 176 valence electrons. The van der Waals surface area contributed by atoms with Gasteiger partial charge in [-0.25, -0.2) is 0 Å². The first-order valence-electron chi connectivity index (χ1n) is 11.1. The molecule has 0 aliphatic rings. The van der Waals surface area contributed by atoms with E-state index in [-0.39, 0.29) is 23.3 Å². The third-order valence-corrected chi connectivity index (χ3v) is 5.32. The minimum atomic E-state index is -0.735. The molecule has 0 bridgehead atoms. The van der Waals surface area contributed by atoms with Gasteiger partial charge in [0.2, 0.25) is 5.91 Å². The van der Waals surface area contributed by atoms with Gasteiger partial charge in [0.1, 0.15) is 11.8 Å². The summed E-state index contributed by atoms with van der Waals surface area (Å²) in [7, 11) is 1.55. The number of hydrogen-bond acceptors (Lipinski definition) is 4. The Morgan fingerprint density at radius 1 is 0.824 bits per heavy atom. The Hall–Kier alpha value is -4.13. The Bertz CT molecular complexity index is 1130. The number of anilines is 1. The molecule has 1 unspecified atom stereocenters. The smallest absolute Gasteiger partial charge is 0.255 e. The fourth-order valence-electron chi connectivity index (χ4n) is 3.38. The van der Waals surface area contributed by atoms with Crippen LogP contribution in [-0.4, -0.2) is 30.9 Å². The summed E-state index contributed by atoms with van der Waals surface area (Å²) in [5.41, 5.74) is 2.02. The van der Waals surface area contributed by atoms with Crippen LogP contribution in [0.5, 0.6) is 5.75 Å². The van der Waals surface area contributed by atoms with Gasteiger partial charge >= 0.3 is 0 Å². The molecule has 7 heteroatoms. The molecule has 0 radical (unpaired) electrons. The van der Waals surface area contributed by atoms with E-state index in [4.69, 9.17) is 4.74 Å². The first kappa shape index (κ1) is 24.5. The van der Waals surface area contributed by atoms with Crippen LogP contribution < -0.4 is 20.7 Å². The van der Waals surface area contributed by atoms with Gasteiger partial charge in [-0.2, -0.15) is 0 Å². The fraction of sp³-hybridized carbons (Fsp3) is 0.222. The van der Waals surface area contributed by atoms with E-state index < -0.39 is 11.9 Å². The van der Waals surface area contributed by atoms with E-state index in [0.717, 1.165) is 5.56 Å². The summed E-state index contributed by atoms with van der Waals surface area (Å²) < 4.78 is 5.12. The van der Waals surface area contributed by atoms with Crippen molar-refractivity contribution < 1.29 is 19.1 Å². The average Bonchev–Trinajstić information content (AvgIpc) is 2.86. The standard InChI is InChI=1S/C27H29N3O4/c1-18(2)24(27(33)28-17-19-9-5-4-6-10-19)30-26(32)22-11-7-8-12-23(22)29-25(31)20-13-15-21(34-3)16-14-20/h4-16,18,24H,17H2,1-3H3,(H,28,33)(H,29,31)(H,30,32). The van der Waals surface area contributed by atoms with Gasteiger partial charge in [0, 0.05) is 12.1 Å². The van der Waals surface area contributed by atoms with Crippen LogP contribution in [0.4, 0.5) is 5.69 Å². The van der Waals surface area contributed by atoms with Crippen molar-refractivity contribution in [2.75, 3.05) is 12.4 Å². The zero-order valence-corrected chi connectivity index (χ0v) is 19.5. The van der Waals surface area contributed by atoms with Crippen LogP contribution >= 0.6 is 0 Å². The number of methoxy groups -OCH3 is 1. The van der Waals surface area contributed by atoms with Crippen LogP contribution in [0.3, 0.4) is 0 Å². The molecule has 0 heterocycles. The van der Waals surface area contributed by atoms with Gasteiger partial charge in [-0.1, -0.05) is 56.3 Å². The quantitative estimate of drug-likeness (QED) is 0.450. The van der Waals surface area contributed by atoms with E-state index in [0.29, 0.717) is 23.5 Å². The van der Waals surface area contributed by atoms with Crippen LogP contribution in [0.15, 0.2) is 78.9 Å². The molecule has 3 amide bonds. The first-order chi connectivity index (χ1) is 16.4. The molecule has 0 aromatic heterocycles. The Morgan fingerprint density at radius 2 is 1.47 bits per heavy atom. The third kappa shape index (κ3) is 6.45. The SMILES string of the molecule is COc1ccc(C(=O)Nc2ccccc2C(=O)NC(C(=O)NCc2ccccc2)C(C)C)cc1. The number of benzene rings is 3. The van der Waals surface area contributed by atoms with Crippen molar-refractivity contribution in [3.63, 3.8) is 0 Å². The summed E-state index contributed by atoms with van der Waals surface area (Å²) >= 11 is 0. The molecule has 34 heavy (non-hydrogen) atoms. The summed E-state index contributed by atoms with van der Waals surface area (Å²) in [6, 6.07) is 22.2. The summed E-state index contributed by atoms with van der Waals surface area (Å²) in [4.78, 5) is 38.6. The number of ether oxygens (including phenoxy) is 1. The molecule has 0 spiro atoms. The Labute approximate surface area is 199 Å². The first-order valence-corrected chi connectivity index (χ1v) is 11.1. The third-order valence-electron chi connectivity index (χ3n) is 5.32. The molecule has 0 aliphatic carbocycles. The van der Waals surface area contributed by atoms with Gasteiger partial charge in [0.15, 0.2) is 0 Å². The lowest BCUT2D eigenvalue weighted by atomic mass is 10.0. The summed E-state index contributed by atoms with van der Waals surface area (Å²) in [5.74, 6) is -0.572. The highest BCUT2D eigenvalue weighted by molar-refractivity contribution is 6.09. The van der Waals surface area contributed by atoms with Crippen molar-refractivity contribution in [3.8, 4) is 5.75 Å². The van der Waals surface area contributed by atoms with Crippen LogP contribution in [-0.2, 0) is 11.3 Å². The molecule has 3 aromatic rings. The molecule has 3 aromatic carbocycles. The predicted molar refractivity (Wildman–Crippen MR) is 132 cm³/mol. The normalized spacial score (nSPS) is 11.4. The van der Waals surface area contributed by atoms with E-state index >= 15 is 0 Å². The molecule has 7 nitrogen and oxygen atoms in total. The van der Waals surface area contributed by atoms with E-state index in [1.54, 1.807) is 55.6 Å². The van der Waals surface area contributed by atoms with Crippen LogP contribution in [0.2, 0.25) is 0 Å². The molecule has 0 saturated carbocycles. The highest BCUT2D eigenvalue weighted by Crippen LogP contribution is 2.18. The number of nitrogens with one attached hydrogen (secondary N) is 3. The lowest BCUT2D eigenvalue weighted by molar-refractivity contribution is -0.124. The monoisotopic (exact) mass is 459 g/mol. The zero-order valence-electron chi connectivity index (χ0n) is 19.5. The van der Waals surface area contributed by atoms with E-state index in [9.17, 15) is 14.4 Å².